The standard InChI is InChI=1S/C11H17NO3/c1-9(14-3)6-8-15-11(13)10-5-4-7-12(10)2/h4-5,7,9H,6,8H2,1-3H3/t9-/m0/s1. The van der Waals surface area contributed by atoms with Crippen LogP contribution in [0.1, 0.15) is 23.8 Å². The number of carbonyl (C=O) groups is 1. The molecule has 0 radical (unpaired) electrons. The molecule has 1 rings (SSSR count). The van der Waals surface area contributed by atoms with Gasteiger partial charge in [-0.3, -0.25) is 0 Å². The summed E-state index contributed by atoms with van der Waals surface area (Å²) in [6, 6.07) is 3.55. The van der Waals surface area contributed by atoms with Crippen molar-refractivity contribution in [3.05, 3.63) is 24.0 Å². The highest BCUT2D eigenvalue weighted by molar-refractivity contribution is 5.87. The number of ether oxygens (including phenoxy) is 2. The molecule has 0 saturated carbocycles. The van der Waals surface area contributed by atoms with Crippen molar-refractivity contribution in [3.63, 3.8) is 0 Å². The number of rotatable bonds is 5. The Morgan fingerprint density at radius 3 is 2.87 bits per heavy atom. The van der Waals surface area contributed by atoms with Crippen LogP contribution in [0.2, 0.25) is 0 Å². The van der Waals surface area contributed by atoms with Crippen LogP contribution in [0.25, 0.3) is 0 Å². The van der Waals surface area contributed by atoms with Crippen LogP contribution in [-0.4, -0.2) is 30.4 Å². The fraction of sp³-hybridized carbons (Fsp3) is 0.545. The van der Waals surface area contributed by atoms with Gasteiger partial charge in [-0.15, -0.1) is 0 Å². The topological polar surface area (TPSA) is 40.5 Å². The van der Waals surface area contributed by atoms with Crippen molar-refractivity contribution in [2.75, 3.05) is 13.7 Å². The number of esters is 1. The molecular weight excluding hydrogens is 194 g/mol. The number of hydrogen-bond acceptors (Lipinski definition) is 3. The second kappa shape index (κ2) is 5.56. The highest BCUT2D eigenvalue weighted by Crippen LogP contribution is 2.03. The van der Waals surface area contributed by atoms with E-state index in [1.165, 1.54) is 0 Å². The molecule has 1 heterocycles. The molecule has 0 aliphatic carbocycles. The number of nitrogens with zero attached hydrogens (tertiary/aromatic N) is 1. The van der Waals surface area contributed by atoms with Crippen molar-refractivity contribution in [3.8, 4) is 0 Å². The number of carbonyl (C=O) groups excluding carboxylic acids is 1. The van der Waals surface area contributed by atoms with E-state index in [4.69, 9.17) is 9.47 Å². The molecule has 0 fully saturated rings. The maximum Gasteiger partial charge on any atom is 0.354 e. The minimum absolute atomic E-state index is 0.117. The Kier molecular flexibility index (Phi) is 4.37. The molecule has 4 nitrogen and oxygen atoms in total. The lowest BCUT2D eigenvalue weighted by atomic mass is 10.3. The van der Waals surface area contributed by atoms with Crippen LogP contribution < -0.4 is 0 Å². The van der Waals surface area contributed by atoms with E-state index in [9.17, 15) is 4.79 Å². The summed E-state index contributed by atoms with van der Waals surface area (Å²) >= 11 is 0. The van der Waals surface area contributed by atoms with Crippen molar-refractivity contribution in [1.82, 2.24) is 4.57 Å². The predicted octanol–water partition coefficient (Wildman–Crippen LogP) is 1.61. The quantitative estimate of drug-likeness (QED) is 0.695. The molecule has 0 spiro atoms. The Morgan fingerprint density at radius 2 is 2.33 bits per heavy atom. The van der Waals surface area contributed by atoms with Crippen molar-refractivity contribution in [2.24, 2.45) is 7.05 Å². The van der Waals surface area contributed by atoms with Crippen LogP contribution in [0.15, 0.2) is 18.3 Å². The van der Waals surface area contributed by atoms with E-state index in [1.807, 2.05) is 26.2 Å². The highest BCUT2D eigenvalue weighted by atomic mass is 16.5. The molecule has 84 valence electrons. The Morgan fingerprint density at radius 1 is 1.60 bits per heavy atom. The summed E-state index contributed by atoms with van der Waals surface area (Å²) in [7, 11) is 3.46. The molecule has 1 aromatic heterocycles. The first-order valence-electron chi connectivity index (χ1n) is 4.96. The molecule has 0 aliphatic rings. The normalized spacial score (nSPS) is 12.5. The van der Waals surface area contributed by atoms with Gasteiger partial charge in [0.2, 0.25) is 0 Å². The zero-order valence-corrected chi connectivity index (χ0v) is 9.40. The van der Waals surface area contributed by atoms with Crippen LogP contribution in [0, 0.1) is 0 Å². The molecule has 0 saturated heterocycles. The number of aromatic nitrogens is 1. The third kappa shape index (κ3) is 3.40. The highest BCUT2D eigenvalue weighted by Gasteiger charge is 2.10. The molecule has 0 aromatic carbocycles. The number of hydrogen-bond donors (Lipinski definition) is 0. The largest absolute Gasteiger partial charge is 0.461 e. The van der Waals surface area contributed by atoms with Crippen LogP contribution in [0.3, 0.4) is 0 Å². The molecule has 0 N–H and O–H groups in total. The smallest absolute Gasteiger partial charge is 0.354 e. The average molecular weight is 211 g/mol. The van der Waals surface area contributed by atoms with Gasteiger partial charge in [-0.25, -0.2) is 4.79 Å². The monoisotopic (exact) mass is 211 g/mol. The molecule has 0 amide bonds. The summed E-state index contributed by atoms with van der Waals surface area (Å²) in [5.74, 6) is -0.286. The lowest BCUT2D eigenvalue weighted by Gasteiger charge is -2.09. The van der Waals surface area contributed by atoms with Gasteiger partial charge in [-0.05, 0) is 19.1 Å². The Hall–Kier alpha value is -1.29. The molecule has 0 bridgehead atoms. The van der Waals surface area contributed by atoms with Crippen LogP contribution >= 0.6 is 0 Å². The van der Waals surface area contributed by atoms with E-state index < -0.39 is 0 Å². The summed E-state index contributed by atoms with van der Waals surface area (Å²) in [6.45, 7) is 2.33. The second-order valence-electron chi connectivity index (χ2n) is 3.48. The van der Waals surface area contributed by atoms with Gasteiger partial charge in [0.1, 0.15) is 5.69 Å². The first-order valence-corrected chi connectivity index (χ1v) is 4.96. The Balaban J connectivity index is 2.34. The molecule has 0 unspecified atom stereocenters. The lowest BCUT2D eigenvalue weighted by molar-refractivity contribution is 0.0381. The van der Waals surface area contributed by atoms with Crippen LogP contribution in [-0.2, 0) is 16.5 Å². The number of methoxy groups -OCH3 is 1. The van der Waals surface area contributed by atoms with E-state index in [1.54, 1.807) is 17.7 Å². The van der Waals surface area contributed by atoms with E-state index in [-0.39, 0.29) is 12.1 Å². The molecule has 15 heavy (non-hydrogen) atoms. The minimum Gasteiger partial charge on any atom is -0.461 e. The van der Waals surface area contributed by atoms with Crippen molar-refractivity contribution < 1.29 is 14.3 Å². The molecule has 0 aliphatic heterocycles. The van der Waals surface area contributed by atoms with E-state index in [0.717, 1.165) is 0 Å². The fourth-order valence-electron chi connectivity index (χ4n) is 1.18. The molecule has 1 atom stereocenters. The molecular formula is C11H17NO3. The van der Waals surface area contributed by atoms with Crippen LogP contribution in [0.5, 0.6) is 0 Å². The van der Waals surface area contributed by atoms with Crippen LogP contribution in [0.4, 0.5) is 0 Å². The van der Waals surface area contributed by atoms with Gasteiger partial charge in [0.05, 0.1) is 12.7 Å². The second-order valence-corrected chi connectivity index (χ2v) is 3.48. The summed E-state index contributed by atoms with van der Waals surface area (Å²) in [4.78, 5) is 11.5. The number of aryl methyl sites for hydroxylation is 1. The minimum atomic E-state index is -0.286. The maximum atomic E-state index is 11.5. The summed E-state index contributed by atoms with van der Waals surface area (Å²) in [6.07, 6.45) is 2.65. The van der Waals surface area contributed by atoms with Gasteiger partial charge in [0, 0.05) is 26.8 Å². The zero-order chi connectivity index (χ0) is 11.3. The van der Waals surface area contributed by atoms with E-state index >= 15 is 0 Å². The fourth-order valence-corrected chi connectivity index (χ4v) is 1.18. The van der Waals surface area contributed by atoms with Gasteiger partial charge in [0.15, 0.2) is 0 Å². The first kappa shape index (κ1) is 11.8. The van der Waals surface area contributed by atoms with E-state index in [0.29, 0.717) is 18.7 Å². The van der Waals surface area contributed by atoms with Gasteiger partial charge >= 0.3 is 5.97 Å². The van der Waals surface area contributed by atoms with Crippen molar-refractivity contribution in [1.29, 1.82) is 0 Å². The Labute approximate surface area is 89.8 Å². The first-order chi connectivity index (χ1) is 7.15. The third-order valence-electron chi connectivity index (χ3n) is 2.31. The SMILES string of the molecule is CO[C@@H](C)CCOC(=O)c1cccn1C. The molecule has 4 heteroatoms. The predicted molar refractivity (Wildman–Crippen MR) is 56.8 cm³/mol. The van der Waals surface area contributed by atoms with Gasteiger partial charge in [-0.2, -0.15) is 0 Å². The summed E-state index contributed by atoms with van der Waals surface area (Å²) < 4.78 is 11.9. The average Bonchev–Trinajstić information content (AvgIpc) is 2.64. The van der Waals surface area contributed by atoms with Crippen molar-refractivity contribution >= 4 is 5.97 Å². The van der Waals surface area contributed by atoms with E-state index in [2.05, 4.69) is 0 Å². The molecule has 1 aromatic rings. The van der Waals surface area contributed by atoms with Gasteiger partial charge < -0.3 is 14.0 Å². The summed E-state index contributed by atoms with van der Waals surface area (Å²) in [5, 5.41) is 0. The van der Waals surface area contributed by atoms with Crippen molar-refractivity contribution in [2.45, 2.75) is 19.4 Å². The Bertz CT molecular complexity index is 319. The third-order valence-corrected chi connectivity index (χ3v) is 2.31. The lowest BCUT2D eigenvalue weighted by Crippen LogP contribution is -2.14. The summed E-state index contributed by atoms with van der Waals surface area (Å²) in [5.41, 5.74) is 0.570. The van der Waals surface area contributed by atoms with Gasteiger partial charge in [-0.1, -0.05) is 0 Å². The van der Waals surface area contributed by atoms with Gasteiger partial charge in [0.25, 0.3) is 0 Å². The zero-order valence-electron chi connectivity index (χ0n) is 9.40. The maximum absolute atomic E-state index is 11.5.